The van der Waals surface area contributed by atoms with Crippen LogP contribution in [0.1, 0.15) is 40.5 Å². The van der Waals surface area contributed by atoms with E-state index in [1.54, 1.807) is 35.4 Å². The van der Waals surface area contributed by atoms with Crippen molar-refractivity contribution in [1.29, 1.82) is 0 Å². The number of piperidine rings is 1. The van der Waals surface area contributed by atoms with Gasteiger partial charge in [0.05, 0.1) is 11.8 Å². The second-order valence-corrected chi connectivity index (χ2v) is 7.14. The Labute approximate surface area is 168 Å². The van der Waals surface area contributed by atoms with E-state index in [9.17, 15) is 9.18 Å². The third-order valence-corrected chi connectivity index (χ3v) is 5.34. The third kappa shape index (κ3) is 3.96. The number of halogens is 1. The molecule has 150 valence electrons. The second kappa shape index (κ2) is 7.98. The minimum absolute atomic E-state index is 0.00410. The number of hydrogen-bond acceptors (Lipinski definition) is 5. The standard InChI is InChI=1S/C21H22FN5O2/c1-14-18(13-25-26(14)2)21(28)27-10-6-15(7-11-27)19-20(24-9-8-23-19)29-17-5-3-4-16(22)12-17/h3-5,8-9,12-13,15H,6-7,10-11H2,1-2H3. The lowest BCUT2D eigenvalue weighted by Gasteiger charge is -2.32. The Balaban J connectivity index is 1.46. The molecule has 8 heteroatoms. The maximum atomic E-state index is 13.5. The molecule has 0 saturated carbocycles. The van der Waals surface area contributed by atoms with Crippen LogP contribution in [-0.2, 0) is 7.05 Å². The van der Waals surface area contributed by atoms with Gasteiger partial charge in [0.1, 0.15) is 17.3 Å². The normalized spacial score (nSPS) is 14.8. The fourth-order valence-corrected chi connectivity index (χ4v) is 3.57. The summed E-state index contributed by atoms with van der Waals surface area (Å²) in [5.74, 6) is 0.513. The van der Waals surface area contributed by atoms with E-state index in [-0.39, 0.29) is 17.6 Å². The number of carbonyl (C=O) groups excluding carboxylic acids is 1. The Hall–Kier alpha value is -3.29. The van der Waals surface area contributed by atoms with Gasteiger partial charge in [0.2, 0.25) is 5.88 Å². The number of amides is 1. The number of benzene rings is 1. The summed E-state index contributed by atoms with van der Waals surface area (Å²) >= 11 is 0. The molecule has 0 atom stereocenters. The fourth-order valence-electron chi connectivity index (χ4n) is 3.57. The van der Waals surface area contributed by atoms with Gasteiger partial charge < -0.3 is 9.64 Å². The maximum absolute atomic E-state index is 13.5. The smallest absolute Gasteiger partial charge is 0.257 e. The number of aromatic nitrogens is 4. The second-order valence-electron chi connectivity index (χ2n) is 7.14. The zero-order valence-electron chi connectivity index (χ0n) is 16.4. The summed E-state index contributed by atoms with van der Waals surface area (Å²) in [6.07, 6.45) is 6.32. The highest BCUT2D eigenvalue weighted by atomic mass is 19.1. The Morgan fingerprint density at radius 2 is 1.97 bits per heavy atom. The summed E-state index contributed by atoms with van der Waals surface area (Å²) in [7, 11) is 1.83. The zero-order valence-corrected chi connectivity index (χ0v) is 16.4. The van der Waals surface area contributed by atoms with Crippen LogP contribution in [0.2, 0.25) is 0 Å². The fraction of sp³-hybridized carbons (Fsp3) is 0.333. The van der Waals surface area contributed by atoms with Crippen molar-refractivity contribution in [2.45, 2.75) is 25.7 Å². The predicted molar refractivity (Wildman–Crippen MR) is 104 cm³/mol. The van der Waals surface area contributed by atoms with E-state index >= 15 is 0 Å². The molecule has 7 nitrogen and oxygen atoms in total. The lowest BCUT2D eigenvalue weighted by Crippen LogP contribution is -2.38. The van der Waals surface area contributed by atoms with Crippen molar-refractivity contribution in [2.24, 2.45) is 7.05 Å². The topological polar surface area (TPSA) is 73.1 Å². The van der Waals surface area contributed by atoms with Gasteiger partial charge in [-0.3, -0.25) is 14.5 Å². The number of likely N-dealkylation sites (tertiary alicyclic amines) is 1. The molecule has 0 unspecified atom stereocenters. The van der Waals surface area contributed by atoms with Crippen LogP contribution < -0.4 is 4.74 Å². The third-order valence-electron chi connectivity index (χ3n) is 5.34. The lowest BCUT2D eigenvalue weighted by atomic mass is 9.93. The quantitative estimate of drug-likeness (QED) is 0.676. The molecule has 0 spiro atoms. The number of ether oxygens (including phenoxy) is 1. The summed E-state index contributed by atoms with van der Waals surface area (Å²) in [4.78, 5) is 23.4. The number of rotatable bonds is 4. The van der Waals surface area contributed by atoms with Gasteiger partial charge >= 0.3 is 0 Å². The molecule has 1 amide bonds. The van der Waals surface area contributed by atoms with Crippen molar-refractivity contribution in [3.63, 3.8) is 0 Å². The lowest BCUT2D eigenvalue weighted by molar-refractivity contribution is 0.0710. The Morgan fingerprint density at radius 3 is 2.66 bits per heavy atom. The number of aryl methyl sites for hydroxylation is 1. The van der Waals surface area contributed by atoms with E-state index in [0.717, 1.165) is 24.2 Å². The van der Waals surface area contributed by atoms with Crippen molar-refractivity contribution in [3.8, 4) is 11.6 Å². The van der Waals surface area contributed by atoms with Crippen LogP contribution in [0.25, 0.3) is 0 Å². The summed E-state index contributed by atoms with van der Waals surface area (Å²) in [5.41, 5.74) is 2.24. The van der Waals surface area contributed by atoms with Crippen LogP contribution in [0, 0.1) is 12.7 Å². The first-order valence-electron chi connectivity index (χ1n) is 9.55. The Kier molecular flexibility index (Phi) is 5.24. The molecule has 4 rings (SSSR count). The molecule has 3 aromatic rings. The molecule has 2 aromatic heterocycles. The van der Waals surface area contributed by atoms with Crippen LogP contribution in [0.15, 0.2) is 42.9 Å². The largest absolute Gasteiger partial charge is 0.437 e. The molecule has 0 radical (unpaired) electrons. The molecule has 0 N–H and O–H groups in total. The van der Waals surface area contributed by atoms with Crippen molar-refractivity contribution < 1.29 is 13.9 Å². The molecule has 1 aromatic carbocycles. The van der Waals surface area contributed by atoms with Gasteiger partial charge in [0, 0.05) is 50.2 Å². The van der Waals surface area contributed by atoms with Gasteiger partial charge in [-0.2, -0.15) is 5.10 Å². The van der Waals surface area contributed by atoms with Crippen LogP contribution in [0.5, 0.6) is 11.6 Å². The van der Waals surface area contributed by atoms with Crippen molar-refractivity contribution in [2.75, 3.05) is 13.1 Å². The van der Waals surface area contributed by atoms with E-state index in [4.69, 9.17) is 4.74 Å². The molecular weight excluding hydrogens is 373 g/mol. The summed E-state index contributed by atoms with van der Waals surface area (Å²) in [5, 5.41) is 4.16. The zero-order chi connectivity index (χ0) is 20.4. The Bertz CT molecular complexity index is 1030. The first kappa shape index (κ1) is 19.0. The highest BCUT2D eigenvalue weighted by Crippen LogP contribution is 2.34. The minimum atomic E-state index is -0.370. The monoisotopic (exact) mass is 395 g/mol. The van der Waals surface area contributed by atoms with E-state index in [2.05, 4.69) is 15.1 Å². The van der Waals surface area contributed by atoms with Gasteiger partial charge in [-0.1, -0.05) is 6.07 Å². The molecule has 1 saturated heterocycles. The van der Waals surface area contributed by atoms with Crippen molar-refractivity contribution in [3.05, 3.63) is 65.6 Å². The first-order valence-corrected chi connectivity index (χ1v) is 9.55. The molecule has 29 heavy (non-hydrogen) atoms. The summed E-state index contributed by atoms with van der Waals surface area (Å²) < 4.78 is 21.0. The summed E-state index contributed by atoms with van der Waals surface area (Å²) in [6, 6.07) is 5.95. The molecule has 1 fully saturated rings. The molecule has 0 bridgehead atoms. The highest BCUT2D eigenvalue weighted by Gasteiger charge is 2.29. The van der Waals surface area contributed by atoms with Crippen LogP contribution in [0.4, 0.5) is 4.39 Å². The van der Waals surface area contributed by atoms with Gasteiger partial charge in [-0.15, -0.1) is 0 Å². The van der Waals surface area contributed by atoms with Gasteiger partial charge in [-0.25, -0.2) is 9.37 Å². The van der Waals surface area contributed by atoms with Gasteiger partial charge in [0.15, 0.2) is 0 Å². The van der Waals surface area contributed by atoms with Crippen molar-refractivity contribution in [1.82, 2.24) is 24.6 Å². The summed E-state index contributed by atoms with van der Waals surface area (Å²) in [6.45, 7) is 3.13. The number of hydrogen-bond donors (Lipinski definition) is 0. The van der Waals surface area contributed by atoms with Crippen LogP contribution in [-0.4, -0.2) is 43.6 Å². The Morgan fingerprint density at radius 1 is 1.21 bits per heavy atom. The molecule has 0 aliphatic carbocycles. The minimum Gasteiger partial charge on any atom is -0.437 e. The number of nitrogens with zero attached hydrogens (tertiary/aromatic N) is 5. The van der Waals surface area contributed by atoms with E-state index < -0.39 is 0 Å². The highest BCUT2D eigenvalue weighted by molar-refractivity contribution is 5.95. The number of carbonyl (C=O) groups is 1. The van der Waals surface area contributed by atoms with Crippen molar-refractivity contribution >= 4 is 5.91 Å². The van der Waals surface area contributed by atoms with E-state index in [0.29, 0.717) is 30.3 Å². The molecule has 3 heterocycles. The van der Waals surface area contributed by atoms with E-state index in [1.807, 2.05) is 18.9 Å². The van der Waals surface area contributed by atoms with Crippen LogP contribution in [0.3, 0.4) is 0 Å². The van der Waals surface area contributed by atoms with Crippen LogP contribution >= 0.6 is 0 Å². The van der Waals surface area contributed by atoms with Gasteiger partial charge in [0.25, 0.3) is 5.91 Å². The first-order chi connectivity index (χ1) is 14.0. The SMILES string of the molecule is Cc1c(C(=O)N2CCC(c3nccnc3Oc3cccc(F)c3)CC2)cnn1C. The molecule has 1 aliphatic rings. The van der Waals surface area contributed by atoms with Gasteiger partial charge in [-0.05, 0) is 31.9 Å². The van der Waals surface area contributed by atoms with E-state index in [1.165, 1.54) is 12.1 Å². The predicted octanol–water partition coefficient (Wildman–Crippen LogP) is 3.47. The average Bonchev–Trinajstić information content (AvgIpc) is 3.07. The molecular formula is C21H22FN5O2. The maximum Gasteiger partial charge on any atom is 0.257 e. The average molecular weight is 395 g/mol. The molecule has 1 aliphatic heterocycles.